The lowest BCUT2D eigenvalue weighted by Gasteiger charge is -2.18. The topological polar surface area (TPSA) is 78.9 Å². The molecule has 0 radical (unpaired) electrons. The highest BCUT2D eigenvalue weighted by Gasteiger charge is 2.19. The summed E-state index contributed by atoms with van der Waals surface area (Å²) in [7, 11) is 0. The van der Waals surface area contributed by atoms with Gasteiger partial charge >= 0.3 is 17.9 Å². The summed E-state index contributed by atoms with van der Waals surface area (Å²) in [6.07, 6.45) is 90.9. The summed E-state index contributed by atoms with van der Waals surface area (Å²) in [4.78, 5) is 38.4. The summed E-state index contributed by atoms with van der Waals surface area (Å²) in [6, 6.07) is 0. The SMILES string of the molecule is CC/C=C\C/C=C\C/C=C\C/C=C\C/C=C\C/C=C\CCC(=O)OC(COC(=O)CCCCCCCCCCCCCCCCCCCCC)COC(=O)CCCCCCCCCCCCCCCCCCCCCCCCCCC. The molecule has 0 spiro atoms. The predicted molar refractivity (Wildman–Crippen MR) is 353 cm³/mol. The number of hydrogen-bond acceptors (Lipinski definition) is 6. The van der Waals surface area contributed by atoms with Gasteiger partial charge in [0.15, 0.2) is 6.10 Å². The molecule has 1 unspecified atom stereocenters. The molecule has 0 saturated carbocycles. The van der Waals surface area contributed by atoms with E-state index < -0.39 is 6.10 Å². The summed E-state index contributed by atoms with van der Waals surface area (Å²) in [6.45, 7) is 6.54. The number of carbonyl (C=O) groups is 3. The van der Waals surface area contributed by atoms with Gasteiger partial charge in [-0.05, 0) is 57.8 Å². The zero-order chi connectivity index (χ0) is 58.5. The molecule has 0 aromatic carbocycles. The van der Waals surface area contributed by atoms with Crippen molar-refractivity contribution in [3.63, 3.8) is 0 Å². The van der Waals surface area contributed by atoms with Crippen molar-refractivity contribution in [2.75, 3.05) is 13.2 Å². The summed E-state index contributed by atoms with van der Waals surface area (Å²) < 4.78 is 16.9. The maximum atomic E-state index is 12.9. The van der Waals surface area contributed by atoms with Crippen LogP contribution in [0, 0.1) is 0 Å². The predicted octanol–water partition coefficient (Wildman–Crippen LogP) is 24.4. The molecule has 0 N–H and O–H groups in total. The molecule has 0 aliphatic rings. The zero-order valence-electron chi connectivity index (χ0n) is 54.1. The number of rotatable bonds is 65. The largest absolute Gasteiger partial charge is 0.462 e. The quantitative estimate of drug-likeness (QED) is 0.0261. The van der Waals surface area contributed by atoms with E-state index in [9.17, 15) is 14.4 Å². The third-order valence-corrected chi connectivity index (χ3v) is 15.7. The van der Waals surface area contributed by atoms with Crippen LogP contribution in [0.15, 0.2) is 72.9 Å². The Kier molecular flexibility index (Phi) is 66.6. The Bertz CT molecular complexity index is 1490. The first-order valence-corrected chi connectivity index (χ1v) is 35.4. The first-order chi connectivity index (χ1) is 40.0. The van der Waals surface area contributed by atoms with Crippen molar-refractivity contribution in [2.45, 2.75) is 374 Å². The zero-order valence-corrected chi connectivity index (χ0v) is 54.1. The van der Waals surface area contributed by atoms with E-state index in [4.69, 9.17) is 14.2 Å². The third kappa shape index (κ3) is 67.5. The molecule has 0 bridgehead atoms. The summed E-state index contributed by atoms with van der Waals surface area (Å²) in [5, 5.41) is 0. The smallest absolute Gasteiger partial charge is 0.306 e. The van der Waals surface area contributed by atoms with Crippen LogP contribution in [-0.2, 0) is 28.6 Å². The lowest BCUT2D eigenvalue weighted by Crippen LogP contribution is -2.30. The maximum Gasteiger partial charge on any atom is 0.306 e. The van der Waals surface area contributed by atoms with Crippen LogP contribution in [0.4, 0.5) is 0 Å². The normalized spacial score (nSPS) is 12.5. The Labute approximate surface area is 503 Å². The molecule has 0 amide bonds. The van der Waals surface area contributed by atoms with E-state index in [1.807, 2.05) is 6.08 Å². The second kappa shape index (κ2) is 69.3. The molecular weight excluding hydrogens is 997 g/mol. The Morgan fingerprint density at radius 3 is 0.728 bits per heavy atom. The molecule has 0 heterocycles. The van der Waals surface area contributed by atoms with Crippen LogP contribution in [0.25, 0.3) is 0 Å². The van der Waals surface area contributed by atoms with Crippen LogP contribution >= 0.6 is 0 Å². The van der Waals surface area contributed by atoms with Gasteiger partial charge in [-0.2, -0.15) is 0 Å². The highest BCUT2D eigenvalue weighted by Crippen LogP contribution is 2.18. The van der Waals surface area contributed by atoms with Crippen molar-refractivity contribution in [1.82, 2.24) is 0 Å². The van der Waals surface area contributed by atoms with Crippen LogP contribution in [-0.4, -0.2) is 37.2 Å². The van der Waals surface area contributed by atoms with Crippen molar-refractivity contribution in [3.05, 3.63) is 72.9 Å². The van der Waals surface area contributed by atoms with Gasteiger partial charge in [-0.15, -0.1) is 0 Å². The number of allylic oxidation sites excluding steroid dienone is 12. The number of unbranched alkanes of at least 4 members (excludes halogenated alkanes) is 42. The van der Waals surface area contributed by atoms with Gasteiger partial charge < -0.3 is 14.2 Å². The van der Waals surface area contributed by atoms with Gasteiger partial charge in [0.2, 0.25) is 0 Å². The minimum atomic E-state index is -0.815. The average Bonchev–Trinajstić information content (AvgIpc) is 3.47. The molecular formula is C75H134O6. The molecule has 470 valence electrons. The molecule has 81 heavy (non-hydrogen) atoms. The Morgan fingerprint density at radius 2 is 0.481 bits per heavy atom. The summed E-state index contributed by atoms with van der Waals surface area (Å²) in [5.41, 5.74) is 0. The third-order valence-electron chi connectivity index (χ3n) is 15.7. The van der Waals surface area contributed by atoms with Gasteiger partial charge in [0.1, 0.15) is 13.2 Å². The van der Waals surface area contributed by atoms with Crippen molar-refractivity contribution in [2.24, 2.45) is 0 Å². The van der Waals surface area contributed by atoms with Gasteiger partial charge in [-0.25, -0.2) is 0 Å². The molecule has 0 aliphatic heterocycles. The molecule has 6 nitrogen and oxygen atoms in total. The number of ether oxygens (including phenoxy) is 3. The molecule has 0 aromatic rings. The highest BCUT2D eigenvalue weighted by molar-refractivity contribution is 5.71. The van der Waals surface area contributed by atoms with Crippen molar-refractivity contribution in [1.29, 1.82) is 0 Å². The summed E-state index contributed by atoms with van der Waals surface area (Å²) in [5.74, 6) is -0.961. The van der Waals surface area contributed by atoms with Crippen LogP contribution in [0.3, 0.4) is 0 Å². The minimum absolute atomic E-state index is 0.101. The fourth-order valence-corrected chi connectivity index (χ4v) is 10.5. The van der Waals surface area contributed by atoms with Gasteiger partial charge in [0.05, 0.1) is 0 Å². The van der Waals surface area contributed by atoms with Crippen LogP contribution in [0.1, 0.15) is 367 Å². The summed E-state index contributed by atoms with van der Waals surface area (Å²) >= 11 is 0. The van der Waals surface area contributed by atoms with E-state index in [1.165, 1.54) is 244 Å². The van der Waals surface area contributed by atoms with E-state index in [0.717, 1.165) is 77.0 Å². The Morgan fingerprint density at radius 1 is 0.259 bits per heavy atom. The van der Waals surface area contributed by atoms with Crippen LogP contribution < -0.4 is 0 Å². The molecule has 1 atom stereocenters. The highest BCUT2D eigenvalue weighted by atomic mass is 16.6. The minimum Gasteiger partial charge on any atom is -0.462 e. The van der Waals surface area contributed by atoms with Crippen LogP contribution in [0.2, 0.25) is 0 Å². The standard InChI is InChI=1S/C75H134O6/c1-4-7-10-13-16-19-22-25-28-31-34-35-36-37-38-39-42-44-47-50-53-56-59-62-65-68-74(77)80-71-72(81-75(78)69-66-63-60-57-54-51-48-45-41-33-30-27-24-21-18-15-12-9-6-3)70-79-73(76)67-64-61-58-55-52-49-46-43-40-32-29-26-23-20-17-14-11-8-5-2/h9,12,18,21,27,30,41,45,51,54,60,63,72H,4-8,10-11,13-17,19-20,22-26,28-29,31-40,42-44,46-50,52-53,55-59,61-62,64-71H2,1-3H3/b12-9-,21-18-,30-27-,45-41-,54-51-,63-60-. The Balaban J connectivity index is 4.37. The molecule has 0 saturated heterocycles. The molecule has 0 rings (SSSR count). The van der Waals surface area contributed by atoms with E-state index in [2.05, 4.69) is 87.6 Å². The molecule has 0 aromatic heterocycles. The van der Waals surface area contributed by atoms with Crippen molar-refractivity contribution < 1.29 is 28.6 Å². The van der Waals surface area contributed by atoms with Crippen LogP contribution in [0.5, 0.6) is 0 Å². The van der Waals surface area contributed by atoms with Gasteiger partial charge in [-0.3, -0.25) is 14.4 Å². The lowest BCUT2D eigenvalue weighted by molar-refractivity contribution is -0.166. The second-order valence-corrected chi connectivity index (χ2v) is 23.8. The van der Waals surface area contributed by atoms with Gasteiger partial charge in [0.25, 0.3) is 0 Å². The Hall–Kier alpha value is -3.15. The van der Waals surface area contributed by atoms with Crippen molar-refractivity contribution >= 4 is 17.9 Å². The van der Waals surface area contributed by atoms with E-state index >= 15 is 0 Å². The fraction of sp³-hybridized carbons (Fsp3) is 0.800. The number of esters is 3. The second-order valence-electron chi connectivity index (χ2n) is 23.8. The maximum absolute atomic E-state index is 12.9. The monoisotopic (exact) mass is 1130 g/mol. The van der Waals surface area contributed by atoms with E-state index in [-0.39, 0.29) is 37.5 Å². The van der Waals surface area contributed by atoms with Gasteiger partial charge in [-0.1, -0.05) is 363 Å². The molecule has 0 fully saturated rings. The van der Waals surface area contributed by atoms with Gasteiger partial charge in [0, 0.05) is 19.3 Å². The lowest BCUT2D eigenvalue weighted by atomic mass is 10.0. The molecule has 6 heteroatoms. The average molecular weight is 1130 g/mol. The fourth-order valence-electron chi connectivity index (χ4n) is 10.5. The van der Waals surface area contributed by atoms with E-state index in [0.29, 0.717) is 19.3 Å². The van der Waals surface area contributed by atoms with E-state index in [1.54, 1.807) is 0 Å². The van der Waals surface area contributed by atoms with Crippen molar-refractivity contribution in [3.8, 4) is 0 Å². The number of carbonyl (C=O) groups excluding carboxylic acids is 3. The number of hydrogen-bond donors (Lipinski definition) is 0. The first-order valence-electron chi connectivity index (χ1n) is 35.4. The first kappa shape index (κ1) is 77.9. The molecule has 0 aliphatic carbocycles.